The van der Waals surface area contributed by atoms with Crippen LogP contribution in [0.25, 0.3) is 17.1 Å². The second kappa shape index (κ2) is 6.36. The second-order valence-electron chi connectivity index (χ2n) is 5.26. The van der Waals surface area contributed by atoms with Gasteiger partial charge in [-0.3, -0.25) is 4.79 Å². The van der Waals surface area contributed by atoms with Crippen LogP contribution in [0.4, 0.5) is 5.69 Å². The average molecular weight is 307 g/mol. The Balaban J connectivity index is 1.69. The fraction of sp³-hybridized carbons (Fsp3) is 0.111. The molecule has 0 radical (unpaired) electrons. The topological polar surface area (TPSA) is 77.8 Å². The molecule has 0 saturated heterocycles. The normalized spacial score (nSPS) is 11.2. The molecule has 0 aliphatic heterocycles. The zero-order valence-electron chi connectivity index (χ0n) is 12.7. The van der Waals surface area contributed by atoms with Gasteiger partial charge in [-0.25, -0.2) is 4.79 Å². The Morgan fingerprint density at radius 3 is 2.57 bits per heavy atom. The molecule has 3 aromatic rings. The van der Waals surface area contributed by atoms with Crippen LogP contribution in [-0.4, -0.2) is 15.9 Å². The van der Waals surface area contributed by atoms with E-state index < -0.39 is 0 Å². The largest absolute Gasteiger partial charge is 0.323 e. The summed E-state index contributed by atoms with van der Waals surface area (Å²) in [5, 5.41) is 2.77. The van der Waals surface area contributed by atoms with Gasteiger partial charge in [-0.05, 0) is 41.8 Å². The molecule has 0 saturated carbocycles. The second-order valence-corrected chi connectivity index (χ2v) is 5.26. The molecule has 0 fully saturated rings. The Hall–Kier alpha value is -3.08. The molecule has 5 nitrogen and oxygen atoms in total. The summed E-state index contributed by atoms with van der Waals surface area (Å²) < 4.78 is 0. The molecular weight excluding hydrogens is 290 g/mol. The Morgan fingerprint density at radius 2 is 1.83 bits per heavy atom. The van der Waals surface area contributed by atoms with Crippen molar-refractivity contribution < 1.29 is 4.79 Å². The van der Waals surface area contributed by atoms with E-state index in [4.69, 9.17) is 0 Å². The summed E-state index contributed by atoms with van der Waals surface area (Å²) in [7, 11) is 0. The van der Waals surface area contributed by atoms with Crippen LogP contribution in [0.15, 0.2) is 53.3 Å². The van der Waals surface area contributed by atoms with Crippen LogP contribution in [0.3, 0.4) is 0 Å². The third-order valence-corrected chi connectivity index (χ3v) is 3.60. The monoisotopic (exact) mass is 307 g/mol. The number of aromatic amines is 2. The van der Waals surface area contributed by atoms with Crippen molar-refractivity contribution in [2.75, 3.05) is 5.32 Å². The summed E-state index contributed by atoms with van der Waals surface area (Å²) in [4.78, 5) is 28.5. The highest BCUT2D eigenvalue weighted by Crippen LogP contribution is 2.14. The summed E-state index contributed by atoms with van der Waals surface area (Å²) in [6, 6.07) is 13.3. The SMILES string of the molecule is CCc1ccc(/C=C/C(=O)Nc2ccc3[nH]c(=O)[nH]c3c2)cc1. The number of H-pyrrole nitrogens is 2. The van der Waals surface area contributed by atoms with Gasteiger partial charge in [-0.15, -0.1) is 0 Å². The molecule has 0 spiro atoms. The van der Waals surface area contributed by atoms with Crippen LogP contribution in [0.5, 0.6) is 0 Å². The average Bonchev–Trinajstić information content (AvgIpc) is 2.92. The van der Waals surface area contributed by atoms with Gasteiger partial charge >= 0.3 is 5.69 Å². The molecule has 0 aliphatic rings. The number of aryl methyl sites for hydroxylation is 1. The zero-order valence-corrected chi connectivity index (χ0v) is 12.7. The predicted octanol–water partition coefficient (Wildman–Crippen LogP) is 3.07. The number of carbonyl (C=O) groups excluding carboxylic acids is 1. The Labute approximate surface area is 133 Å². The van der Waals surface area contributed by atoms with Crippen LogP contribution >= 0.6 is 0 Å². The number of hydrogen-bond donors (Lipinski definition) is 3. The summed E-state index contributed by atoms with van der Waals surface area (Å²) in [6.07, 6.45) is 4.25. The van der Waals surface area contributed by atoms with Crippen molar-refractivity contribution in [2.45, 2.75) is 13.3 Å². The number of amides is 1. The van der Waals surface area contributed by atoms with Crippen LogP contribution in [0, 0.1) is 0 Å². The molecule has 3 N–H and O–H groups in total. The van der Waals surface area contributed by atoms with Gasteiger partial charge in [0.15, 0.2) is 0 Å². The lowest BCUT2D eigenvalue weighted by Gasteiger charge is -2.02. The lowest BCUT2D eigenvalue weighted by molar-refractivity contribution is -0.111. The molecule has 3 rings (SSSR count). The smallest absolute Gasteiger partial charge is 0.322 e. The van der Waals surface area contributed by atoms with Crippen molar-refractivity contribution >= 4 is 28.7 Å². The van der Waals surface area contributed by atoms with E-state index in [0.717, 1.165) is 12.0 Å². The molecule has 116 valence electrons. The van der Waals surface area contributed by atoms with E-state index in [1.165, 1.54) is 11.6 Å². The molecule has 0 aliphatic carbocycles. The van der Waals surface area contributed by atoms with E-state index in [-0.39, 0.29) is 11.6 Å². The standard InChI is InChI=1S/C18H17N3O2/c1-2-12-3-5-13(6-4-12)7-10-17(22)19-14-8-9-15-16(11-14)21-18(23)20-15/h3-11H,2H2,1H3,(H,19,22)(H2,20,21,23)/b10-7+. The van der Waals surface area contributed by atoms with Gasteiger partial charge in [0, 0.05) is 11.8 Å². The minimum atomic E-state index is -0.265. The summed E-state index contributed by atoms with van der Waals surface area (Å²) >= 11 is 0. The van der Waals surface area contributed by atoms with Crippen LogP contribution in [-0.2, 0) is 11.2 Å². The highest BCUT2D eigenvalue weighted by atomic mass is 16.1. The van der Waals surface area contributed by atoms with E-state index in [0.29, 0.717) is 16.7 Å². The first-order valence-electron chi connectivity index (χ1n) is 7.44. The first kappa shape index (κ1) is 14.8. The summed E-state index contributed by atoms with van der Waals surface area (Å²) in [6.45, 7) is 2.10. The van der Waals surface area contributed by atoms with Crippen molar-refractivity contribution in [2.24, 2.45) is 0 Å². The number of fused-ring (bicyclic) bond motifs is 1. The Morgan fingerprint density at radius 1 is 1.09 bits per heavy atom. The molecule has 0 atom stereocenters. The van der Waals surface area contributed by atoms with Gasteiger partial charge in [0.2, 0.25) is 5.91 Å². The lowest BCUT2D eigenvalue weighted by atomic mass is 10.1. The molecule has 23 heavy (non-hydrogen) atoms. The molecule has 1 amide bonds. The number of nitrogens with one attached hydrogen (secondary N) is 3. The number of anilines is 1. The van der Waals surface area contributed by atoms with E-state index >= 15 is 0 Å². The number of benzene rings is 2. The zero-order chi connectivity index (χ0) is 16.2. The minimum absolute atomic E-state index is 0.221. The first-order valence-corrected chi connectivity index (χ1v) is 7.44. The fourth-order valence-corrected chi connectivity index (χ4v) is 2.33. The number of aromatic nitrogens is 2. The van der Waals surface area contributed by atoms with Gasteiger partial charge in [0.25, 0.3) is 0 Å². The number of imidazole rings is 1. The number of rotatable bonds is 4. The molecule has 0 unspecified atom stereocenters. The lowest BCUT2D eigenvalue weighted by Crippen LogP contribution is -2.07. The third-order valence-electron chi connectivity index (χ3n) is 3.60. The maximum absolute atomic E-state index is 12.0. The summed E-state index contributed by atoms with van der Waals surface area (Å²) in [5.74, 6) is -0.221. The third kappa shape index (κ3) is 3.58. The van der Waals surface area contributed by atoms with Gasteiger partial charge in [-0.1, -0.05) is 31.2 Å². The van der Waals surface area contributed by atoms with Gasteiger partial charge < -0.3 is 15.3 Å². The number of hydrogen-bond acceptors (Lipinski definition) is 2. The van der Waals surface area contributed by atoms with Crippen molar-refractivity contribution in [3.8, 4) is 0 Å². The summed E-state index contributed by atoms with van der Waals surface area (Å²) in [5.41, 5.74) is 3.97. The molecule has 1 aromatic heterocycles. The first-order chi connectivity index (χ1) is 11.1. The van der Waals surface area contributed by atoms with Crippen LogP contribution < -0.4 is 11.0 Å². The van der Waals surface area contributed by atoms with Crippen molar-refractivity contribution in [3.05, 3.63) is 70.2 Å². The maximum atomic E-state index is 12.0. The Kier molecular flexibility index (Phi) is 4.10. The van der Waals surface area contributed by atoms with E-state index in [2.05, 4.69) is 22.2 Å². The van der Waals surface area contributed by atoms with Gasteiger partial charge in [0.05, 0.1) is 11.0 Å². The maximum Gasteiger partial charge on any atom is 0.323 e. The van der Waals surface area contributed by atoms with Crippen molar-refractivity contribution in [1.29, 1.82) is 0 Å². The molecular formula is C18H17N3O2. The molecule has 5 heteroatoms. The minimum Gasteiger partial charge on any atom is -0.322 e. The molecule has 1 heterocycles. The fourth-order valence-electron chi connectivity index (χ4n) is 2.33. The highest BCUT2D eigenvalue weighted by Gasteiger charge is 2.02. The molecule has 2 aromatic carbocycles. The van der Waals surface area contributed by atoms with Gasteiger partial charge in [-0.2, -0.15) is 0 Å². The van der Waals surface area contributed by atoms with Crippen molar-refractivity contribution in [3.63, 3.8) is 0 Å². The van der Waals surface area contributed by atoms with Crippen LogP contribution in [0.1, 0.15) is 18.1 Å². The van der Waals surface area contributed by atoms with Crippen LogP contribution in [0.2, 0.25) is 0 Å². The van der Waals surface area contributed by atoms with Crippen molar-refractivity contribution in [1.82, 2.24) is 9.97 Å². The number of carbonyl (C=O) groups is 1. The van der Waals surface area contributed by atoms with E-state index in [1.54, 1.807) is 24.3 Å². The predicted molar refractivity (Wildman–Crippen MR) is 92.4 cm³/mol. The Bertz CT molecular complexity index is 917. The van der Waals surface area contributed by atoms with Gasteiger partial charge in [0.1, 0.15) is 0 Å². The highest BCUT2D eigenvalue weighted by molar-refractivity contribution is 6.02. The van der Waals surface area contributed by atoms with E-state index in [1.807, 2.05) is 24.3 Å². The van der Waals surface area contributed by atoms with E-state index in [9.17, 15) is 9.59 Å². The quantitative estimate of drug-likeness (QED) is 0.648. The molecule has 0 bridgehead atoms.